The van der Waals surface area contributed by atoms with E-state index >= 15 is 0 Å². The van der Waals surface area contributed by atoms with Crippen molar-refractivity contribution in [1.29, 1.82) is 0 Å². The van der Waals surface area contributed by atoms with Gasteiger partial charge in [-0.3, -0.25) is 0 Å². The molecule has 1 aliphatic carbocycles. The van der Waals surface area contributed by atoms with Crippen molar-refractivity contribution >= 4 is 0 Å². The van der Waals surface area contributed by atoms with Crippen LogP contribution in [0.25, 0.3) is 0 Å². The first-order valence-electron chi connectivity index (χ1n) is 9.18. The van der Waals surface area contributed by atoms with Crippen LogP contribution in [-0.2, 0) is 4.74 Å². The van der Waals surface area contributed by atoms with Crippen molar-refractivity contribution in [3.05, 3.63) is 0 Å². The van der Waals surface area contributed by atoms with Crippen molar-refractivity contribution in [1.82, 2.24) is 9.80 Å². The number of hydrogen-bond acceptors (Lipinski definition) is 3. The van der Waals surface area contributed by atoms with Crippen LogP contribution in [0.3, 0.4) is 0 Å². The third kappa shape index (κ3) is 4.67. The van der Waals surface area contributed by atoms with E-state index in [1.54, 1.807) is 0 Å². The lowest BCUT2D eigenvalue weighted by Gasteiger charge is -2.44. The zero-order chi connectivity index (χ0) is 15.2. The van der Waals surface area contributed by atoms with E-state index in [0.717, 1.165) is 18.0 Å². The first-order chi connectivity index (χ1) is 10.2. The Morgan fingerprint density at radius 3 is 2.38 bits per heavy atom. The van der Waals surface area contributed by atoms with Gasteiger partial charge in [0.05, 0.1) is 6.10 Å². The first kappa shape index (κ1) is 17.2. The molecule has 1 atom stereocenters. The van der Waals surface area contributed by atoms with Crippen LogP contribution in [0.4, 0.5) is 0 Å². The fourth-order valence-electron chi connectivity index (χ4n) is 4.07. The smallest absolute Gasteiger partial charge is 0.0601 e. The molecule has 2 fully saturated rings. The molecular formula is C18H36N2O. The van der Waals surface area contributed by atoms with Crippen LogP contribution in [0.15, 0.2) is 0 Å². The average molecular weight is 296 g/mol. The topological polar surface area (TPSA) is 15.7 Å². The summed E-state index contributed by atoms with van der Waals surface area (Å²) in [7, 11) is 1.85. The molecule has 3 heteroatoms. The standard InChI is InChI=1S/C18H36N2O/c1-5-7-15(3)20-10-8-16(9-11-20)14-19(6-2)17-12-18(13-17)21-4/h15-18H,5-14H2,1-4H3/t15?,17-,18-. The highest BCUT2D eigenvalue weighted by Crippen LogP contribution is 2.30. The summed E-state index contributed by atoms with van der Waals surface area (Å²) < 4.78 is 5.43. The minimum atomic E-state index is 0.529. The molecule has 0 aromatic rings. The zero-order valence-corrected chi connectivity index (χ0v) is 14.7. The van der Waals surface area contributed by atoms with Gasteiger partial charge in [-0.25, -0.2) is 0 Å². The molecule has 2 rings (SSSR count). The molecule has 0 N–H and O–H groups in total. The largest absolute Gasteiger partial charge is 0.381 e. The maximum Gasteiger partial charge on any atom is 0.0601 e. The summed E-state index contributed by atoms with van der Waals surface area (Å²) in [6.45, 7) is 12.2. The van der Waals surface area contributed by atoms with E-state index < -0.39 is 0 Å². The van der Waals surface area contributed by atoms with Crippen molar-refractivity contribution < 1.29 is 4.74 Å². The highest BCUT2D eigenvalue weighted by molar-refractivity contribution is 4.89. The molecule has 1 saturated carbocycles. The van der Waals surface area contributed by atoms with Crippen molar-refractivity contribution in [3.8, 4) is 0 Å². The monoisotopic (exact) mass is 296 g/mol. The fraction of sp³-hybridized carbons (Fsp3) is 1.00. The summed E-state index contributed by atoms with van der Waals surface area (Å²) in [5.74, 6) is 0.914. The number of rotatable bonds is 8. The molecule has 3 nitrogen and oxygen atoms in total. The molecule has 1 saturated heterocycles. The quantitative estimate of drug-likeness (QED) is 0.683. The minimum absolute atomic E-state index is 0.529. The summed E-state index contributed by atoms with van der Waals surface area (Å²) in [5, 5.41) is 0. The summed E-state index contributed by atoms with van der Waals surface area (Å²) >= 11 is 0. The van der Waals surface area contributed by atoms with Gasteiger partial charge < -0.3 is 14.5 Å². The molecule has 0 aromatic heterocycles. The van der Waals surface area contributed by atoms with E-state index in [1.807, 2.05) is 7.11 Å². The average Bonchev–Trinajstić information content (AvgIpc) is 2.46. The number of ether oxygens (including phenoxy) is 1. The van der Waals surface area contributed by atoms with Gasteiger partial charge in [-0.2, -0.15) is 0 Å². The highest BCUT2D eigenvalue weighted by Gasteiger charge is 2.34. The first-order valence-corrected chi connectivity index (χ1v) is 9.18. The number of methoxy groups -OCH3 is 1. The summed E-state index contributed by atoms with van der Waals surface area (Å²) in [6, 6.07) is 1.57. The van der Waals surface area contributed by atoms with Crippen molar-refractivity contribution in [2.24, 2.45) is 5.92 Å². The van der Waals surface area contributed by atoms with Gasteiger partial charge in [-0.15, -0.1) is 0 Å². The van der Waals surface area contributed by atoms with Crippen LogP contribution >= 0.6 is 0 Å². The second kappa shape index (κ2) is 8.50. The van der Waals surface area contributed by atoms with Gasteiger partial charge >= 0.3 is 0 Å². The molecular weight excluding hydrogens is 260 g/mol. The van der Waals surface area contributed by atoms with Crippen molar-refractivity contribution in [2.45, 2.75) is 77.5 Å². The molecule has 0 amide bonds. The maximum atomic E-state index is 5.43. The molecule has 0 radical (unpaired) electrons. The SMILES string of the molecule is CCCC(C)N1CCC(CN(CC)[C@H]2C[C@H](OC)C2)CC1. The Labute approximate surface area is 132 Å². The molecule has 1 heterocycles. The fourth-order valence-corrected chi connectivity index (χ4v) is 4.07. The number of hydrogen-bond donors (Lipinski definition) is 0. The molecule has 124 valence electrons. The molecule has 2 aliphatic rings. The molecule has 0 spiro atoms. The van der Waals surface area contributed by atoms with Gasteiger partial charge in [0, 0.05) is 25.7 Å². The van der Waals surface area contributed by atoms with Gasteiger partial charge in [-0.1, -0.05) is 20.3 Å². The number of likely N-dealkylation sites (tertiary alicyclic amines) is 1. The van der Waals surface area contributed by atoms with E-state index in [2.05, 4.69) is 30.6 Å². The molecule has 1 aliphatic heterocycles. The molecule has 0 aromatic carbocycles. The summed E-state index contributed by atoms with van der Waals surface area (Å²) in [5.41, 5.74) is 0. The van der Waals surface area contributed by atoms with Gasteiger partial charge in [0.2, 0.25) is 0 Å². The van der Waals surface area contributed by atoms with Crippen LogP contribution in [-0.4, -0.2) is 61.3 Å². The lowest BCUT2D eigenvalue weighted by Crippen LogP contribution is -2.50. The second-order valence-electron chi connectivity index (χ2n) is 7.19. The van der Waals surface area contributed by atoms with Crippen LogP contribution in [0.5, 0.6) is 0 Å². The van der Waals surface area contributed by atoms with E-state index in [4.69, 9.17) is 4.74 Å². The van der Waals surface area contributed by atoms with E-state index in [9.17, 15) is 0 Å². The summed E-state index contributed by atoms with van der Waals surface area (Å²) in [6.07, 6.45) is 8.48. The van der Waals surface area contributed by atoms with E-state index in [-0.39, 0.29) is 0 Å². The normalized spacial score (nSPS) is 29.6. The van der Waals surface area contributed by atoms with Crippen molar-refractivity contribution in [2.75, 3.05) is 33.3 Å². The van der Waals surface area contributed by atoms with Gasteiger partial charge in [0.15, 0.2) is 0 Å². The maximum absolute atomic E-state index is 5.43. The van der Waals surface area contributed by atoms with E-state index in [0.29, 0.717) is 6.10 Å². The Bertz CT molecular complexity index is 283. The number of nitrogens with zero attached hydrogens (tertiary/aromatic N) is 2. The Morgan fingerprint density at radius 2 is 1.86 bits per heavy atom. The minimum Gasteiger partial charge on any atom is -0.381 e. The summed E-state index contributed by atoms with van der Waals surface area (Å²) in [4.78, 5) is 5.42. The Kier molecular flexibility index (Phi) is 6.97. The lowest BCUT2D eigenvalue weighted by molar-refractivity contribution is -0.0328. The second-order valence-corrected chi connectivity index (χ2v) is 7.19. The third-order valence-corrected chi connectivity index (χ3v) is 5.80. The highest BCUT2D eigenvalue weighted by atomic mass is 16.5. The Hall–Kier alpha value is -0.120. The number of piperidine rings is 1. The predicted octanol–water partition coefficient (Wildman–Crippen LogP) is 3.39. The molecule has 1 unspecified atom stereocenters. The van der Waals surface area contributed by atoms with Gasteiger partial charge in [0.1, 0.15) is 0 Å². The van der Waals surface area contributed by atoms with Crippen LogP contribution in [0, 0.1) is 5.92 Å². The van der Waals surface area contributed by atoms with Crippen LogP contribution in [0.1, 0.15) is 59.3 Å². The van der Waals surface area contributed by atoms with Gasteiger partial charge in [-0.05, 0) is 64.6 Å². The zero-order valence-electron chi connectivity index (χ0n) is 14.7. The van der Waals surface area contributed by atoms with Crippen LogP contribution in [0.2, 0.25) is 0 Å². The van der Waals surface area contributed by atoms with Gasteiger partial charge in [0.25, 0.3) is 0 Å². The Balaban J connectivity index is 1.70. The van der Waals surface area contributed by atoms with Crippen molar-refractivity contribution in [3.63, 3.8) is 0 Å². The molecule has 0 bridgehead atoms. The molecule has 21 heavy (non-hydrogen) atoms. The predicted molar refractivity (Wildman–Crippen MR) is 89.7 cm³/mol. The third-order valence-electron chi connectivity index (χ3n) is 5.80. The van der Waals surface area contributed by atoms with E-state index in [1.165, 1.54) is 64.7 Å². The lowest BCUT2D eigenvalue weighted by atomic mass is 9.86. The van der Waals surface area contributed by atoms with Crippen LogP contribution < -0.4 is 0 Å². The Morgan fingerprint density at radius 1 is 1.19 bits per heavy atom.